The maximum absolute atomic E-state index is 13.6. The number of ether oxygens (including phenoxy) is 1. The number of aliphatic hydroxyl groups is 2. The van der Waals surface area contributed by atoms with Crippen LogP contribution in [0.25, 0.3) is 39.2 Å². The number of aromatic hydroxyl groups is 1. The number of para-hydroxylation sites is 1. The van der Waals surface area contributed by atoms with Gasteiger partial charge in [0.2, 0.25) is 0 Å². The summed E-state index contributed by atoms with van der Waals surface area (Å²) in [5.74, 6) is 0.415. The van der Waals surface area contributed by atoms with Gasteiger partial charge < -0.3 is 24.5 Å². The largest absolute Gasteiger partial charge is 0.505 e. The lowest BCUT2D eigenvalue weighted by Crippen LogP contribution is -2.62. The van der Waals surface area contributed by atoms with Crippen molar-refractivity contribution in [2.75, 3.05) is 0 Å². The number of hydrogen-bond acceptors (Lipinski definition) is 5. The number of H-pyrrole nitrogens is 1. The van der Waals surface area contributed by atoms with E-state index < -0.39 is 28.8 Å². The van der Waals surface area contributed by atoms with Gasteiger partial charge in [0.25, 0.3) is 5.56 Å². The van der Waals surface area contributed by atoms with E-state index in [4.69, 9.17) is 4.74 Å². The molecule has 4 aliphatic carbocycles. The van der Waals surface area contributed by atoms with E-state index in [0.717, 1.165) is 81.3 Å². The van der Waals surface area contributed by atoms with Gasteiger partial charge in [0.1, 0.15) is 5.75 Å². The second kappa shape index (κ2) is 11.8. The number of allylic oxidation sites excluding steroid dienone is 1. The van der Waals surface area contributed by atoms with Crippen molar-refractivity contribution in [1.29, 1.82) is 0 Å². The van der Waals surface area contributed by atoms with Gasteiger partial charge in [-0.05, 0) is 150 Å². The van der Waals surface area contributed by atoms with Crippen LogP contribution in [0.3, 0.4) is 0 Å². The van der Waals surface area contributed by atoms with Crippen LogP contribution in [0.4, 0.5) is 0 Å². The molecule has 58 heavy (non-hydrogen) atoms. The lowest BCUT2D eigenvalue weighted by Gasteiger charge is -2.64. The monoisotopic (exact) mass is 779 g/mol. The van der Waals surface area contributed by atoms with E-state index in [1.807, 2.05) is 44.2 Å². The molecule has 5 aromatic rings. The summed E-state index contributed by atoms with van der Waals surface area (Å²) in [4.78, 5) is 13.6. The maximum atomic E-state index is 13.6. The molecule has 1 aliphatic heterocycles. The van der Waals surface area contributed by atoms with Crippen LogP contribution in [0.15, 0.2) is 65.7 Å². The molecule has 8 nitrogen and oxygen atoms in total. The first-order valence-corrected chi connectivity index (χ1v) is 21.2. The Morgan fingerprint density at radius 2 is 1.78 bits per heavy atom. The topological polar surface area (TPSA) is 112 Å². The number of nitrogens with one attached hydrogen (secondary N) is 1. The van der Waals surface area contributed by atoms with Crippen molar-refractivity contribution >= 4 is 33.5 Å². The minimum absolute atomic E-state index is 0.118. The number of aromatic nitrogens is 3. The fourth-order valence-electron chi connectivity index (χ4n) is 13.7. The molecule has 0 amide bonds. The first-order chi connectivity index (χ1) is 27.3. The molecule has 10 rings (SSSR count). The van der Waals surface area contributed by atoms with Crippen molar-refractivity contribution in [2.45, 2.75) is 123 Å². The third kappa shape index (κ3) is 4.55. The summed E-state index contributed by atoms with van der Waals surface area (Å²) in [6.07, 6.45) is 9.02. The standard InChI is InChI=1S/C50H57N3O5/c1-26(2)40-43(56)38-37-31(34-25-46(4,5)58-47(6,7)39(34)42(37)55)24-32-33-23-28-18-19-35-48(8,36(54)20-22-49(35,9)50(28,10)44(33)52(40)41(32)38)21-14-17-30-27(3)51-53(45(30)57)29-15-12-11-13-16-29/h11-13,15-17,21,24-25,28,35-36,39,42,51,54-56H,1,18-20,22-23H2,2-10H3/t14?,28?,35-,36-,39?,42+,48-,49-,50+/m0/s1. The van der Waals surface area contributed by atoms with Crippen LogP contribution in [-0.4, -0.2) is 46.8 Å². The molecular formula is C50H57N3O5. The molecule has 3 aromatic heterocycles. The highest BCUT2D eigenvalue weighted by atomic mass is 16.5. The van der Waals surface area contributed by atoms with E-state index in [1.54, 1.807) is 10.8 Å². The number of aliphatic hydroxyl groups excluding tert-OH is 2. The molecule has 2 unspecified atom stereocenters. The lowest BCUT2D eigenvalue weighted by molar-refractivity contribution is -0.144. The van der Waals surface area contributed by atoms with Crippen LogP contribution in [0.5, 0.6) is 5.75 Å². The van der Waals surface area contributed by atoms with Crippen LogP contribution in [0, 0.1) is 35.5 Å². The van der Waals surface area contributed by atoms with E-state index >= 15 is 0 Å². The molecule has 0 radical (unpaired) electrons. The zero-order valence-electron chi connectivity index (χ0n) is 35.4. The molecule has 5 aliphatic rings. The number of rotatable bonds is 4. The minimum Gasteiger partial charge on any atom is -0.505 e. The summed E-state index contributed by atoms with van der Waals surface area (Å²) >= 11 is 0. The minimum atomic E-state index is -0.840. The third-order valence-electron chi connectivity index (χ3n) is 16.2. The van der Waals surface area contributed by atoms with E-state index in [0.29, 0.717) is 17.9 Å². The Bertz CT molecular complexity index is 2750. The summed E-state index contributed by atoms with van der Waals surface area (Å²) in [6, 6.07) is 11.9. The molecule has 4 N–H and O–H groups in total. The molecule has 0 bridgehead atoms. The van der Waals surface area contributed by atoms with Gasteiger partial charge in [0.05, 0.1) is 45.9 Å². The fraction of sp³-hybridized carbons (Fsp3) is 0.480. The SMILES string of the molecule is C=C(C)c1c(O)c2c3c(cc4c5c(n1c42)[C@@]1(C)C(CC[C@H]2[C@](C)(C=C=Cc4c(C)[nH]n(-c6ccccc6)c4=O)[C@@H](O)CC[C@@]21C)C5)C1=CC(C)(C)OC(C)(C)C1[C@@H]3O. The predicted octanol–water partition coefficient (Wildman–Crippen LogP) is 9.57. The predicted molar refractivity (Wildman–Crippen MR) is 231 cm³/mol. The van der Waals surface area contributed by atoms with Crippen LogP contribution in [0.1, 0.15) is 127 Å². The van der Waals surface area contributed by atoms with E-state index in [1.165, 1.54) is 11.3 Å². The molecule has 0 spiro atoms. The van der Waals surface area contributed by atoms with Gasteiger partial charge in [-0.3, -0.25) is 9.89 Å². The van der Waals surface area contributed by atoms with Gasteiger partial charge in [-0.15, -0.1) is 5.73 Å². The molecule has 8 heteroatoms. The van der Waals surface area contributed by atoms with Gasteiger partial charge in [-0.2, -0.15) is 0 Å². The van der Waals surface area contributed by atoms with Gasteiger partial charge in [0.15, 0.2) is 0 Å². The smallest absolute Gasteiger partial charge is 0.279 e. The Labute approximate surface area is 340 Å². The van der Waals surface area contributed by atoms with Crippen LogP contribution >= 0.6 is 0 Å². The Hall–Kier alpha value is -4.59. The normalized spacial score (nSPS) is 32.9. The average Bonchev–Trinajstić information content (AvgIpc) is 3.89. The maximum Gasteiger partial charge on any atom is 0.279 e. The summed E-state index contributed by atoms with van der Waals surface area (Å²) in [5, 5.41) is 41.8. The Balaban J connectivity index is 1.14. The van der Waals surface area contributed by atoms with Gasteiger partial charge in [-0.25, -0.2) is 4.68 Å². The molecule has 2 aromatic carbocycles. The number of aromatic amines is 1. The number of nitrogens with zero attached hydrogens (tertiary/aromatic N) is 2. The first kappa shape index (κ1) is 37.7. The quantitative estimate of drug-likeness (QED) is 0.136. The summed E-state index contributed by atoms with van der Waals surface area (Å²) in [6.45, 7) is 23.7. The van der Waals surface area contributed by atoms with Crippen molar-refractivity contribution in [2.24, 2.45) is 28.6 Å². The molecule has 302 valence electrons. The van der Waals surface area contributed by atoms with Gasteiger partial charge in [0, 0.05) is 44.5 Å². The second-order valence-electron chi connectivity index (χ2n) is 20.2. The van der Waals surface area contributed by atoms with Gasteiger partial charge in [-0.1, -0.05) is 45.5 Å². The molecule has 2 fully saturated rings. The van der Waals surface area contributed by atoms with E-state index in [2.05, 4.69) is 88.5 Å². The van der Waals surface area contributed by atoms with Crippen LogP contribution in [0.2, 0.25) is 0 Å². The first-order valence-electron chi connectivity index (χ1n) is 21.2. The fourth-order valence-corrected chi connectivity index (χ4v) is 13.7. The molecule has 0 saturated heterocycles. The molecule has 2 saturated carbocycles. The van der Waals surface area contributed by atoms with Crippen LogP contribution in [-0.2, 0) is 16.6 Å². The lowest BCUT2D eigenvalue weighted by atomic mass is 9.40. The van der Waals surface area contributed by atoms with E-state index in [9.17, 15) is 20.1 Å². The Kier molecular flexibility index (Phi) is 7.65. The highest BCUT2D eigenvalue weighted by molar-refractivity contribution is 6.11. The van der Waals surface area contributed by atoms with Crippen molar-refractivity contribution in [1.82, 2.24) is 14.2 Å². The van der Waals surface area contributed by atoms with Gasteiger partial charge >= 0.3 is 0 Å². The molecule has 4 heterocycles. The number of benzene rings is 2. The molecule has 8 atom stereocenters. The van der Waals surface area contributed by atoms with E-state index in [-0.39, 0.29) is 34.0 Å². The highest BCUT2D eigenvalue weighted by Crippen LogP contribution is 2.71. The third-order valence-corrected chi connectivity index (χ3v) is 16.2. The van der Waals surface area contributed by atoms with Crippen LogP contribution < -0.4 is 5.56 Å². The van der Waals surface area contributed by atoms with Crippen molar-refractivity contribution in [3.05, 3.63) is 111 Å². The summed E-state index contributed by atoms with van der Waals surface area (Å²) < 4.78 is 10.5. The highest BCUT2D eigenvalue weighted by Gasteiger charge is 2.67. The number of hydrogen-bond donors (Lipinski definition) is 4. The summed E-state index contributed by atoms with van der Waals surface area (Å²) in [5.41, 5.74) is 11.1. The van der Waals surface area contributed by atoms with Crippen molar-refractivity contribution in [3.8, 4) is 11.4 Å². The van der Waals surface area contributed by atoms with Crippen molar-refractivity contribution < 1.29 is 20.1 Å². The Morgan fingerprint density at radius 3 is 2.48 bits per heavy atom. The summed E-state index contributed by atoms with van der Waals surface area (Å²) in [7, 11) is 0. The zero-order chi connectivity index (χ0) is 41.2. The van der Waals surface area contributed by atoms with Crippen molar-refractivity contribution in [3.63, 3.8) is 0 Å². The Morgan fingerprint density at radius 1 is 1.05 bits per heavy atom. The zero-order valence-corrected chi connectivity index (χ0v) is 35.4. The molecular weight excluding hydrogens is 723 g/mol. The number of aryl methyl sites for hydroxylation is 1. The second-order valence-corrected chi connectivity index (χ2v) is 20.2. The average molecular weight is 780 g/mol. The number of fused-ring (bicyclic) bond motifs is 11.